The molecule has 1 aliphatic rings. The molecule has 0 atom stereocenters. The van der Waals surface area contributed by atoms with E-state index in [2.05, 4.69) is 15.0 Å². The zero-order valence-corrected chi connectivity index (χ0v) is 11.6. The maximum absolute atomic E-state index is 10.6. The van der Waals surface area contributed by atoms with E-state index in [1.807, 2.05) is 0 Å². The molecule has 2 aromatic heterocycles. The molecule has 0 radical (unpaired) electrons. The first kappa shape index (κ1) is 12.6. The summed E-state index contributed by atoms with van der Waals surface area (Å²) in [6.45, 7) is 0. The molecule has 0 aromatic carbocycles. The van der Waals surface area contributed by atoms with Crippen molar-refractivity contribution >= 4 is 29.1 Å². The van der Waals surface area contributed by atoms with E-state index in [4.69, 9.17) is 5.11 Å². The van der Waals surface area contributed by atoms with E-state index in [1.165, 1.54) is 28.7 Å². The summed E-state index contributed by atoms with van der Waals surface area (Å²) < 4.78 is 0.837. The summed E-state index contributed by atoms with van der Waals surface area (Å²) in [5.41, 5.74) is 2.97. The van der Waals surface area contributed by atoms with Crippen LogP contribution in [0.15, 0.2) is 21.1 Å². The summed E-state index contributed by atoms with van der Waals surface area (Å²) in [6.07, 6.45) is 4.74. The highest BCUT2D eigenvalue weighted by Gasteiger charge is 2.18. The Morgan fingerprint density at radius 3 is 3.16 bits per heavy atom. The summed E-state index contributed by atoms with van der Waals surface area (Å²) in [7, 11) is 0. The van der Waals surface area contributed by atoms with Gasteiger partial charge in [0.2, 0.25) is 0 Å². The lowest BCUT2D eigenvalue weighted by molar-refractivity contribution is -0.136. The van der Waals surface area contributed by atoms with Crippen LogP contribution in [0.2, 0.25) is 0 Å². The smallest absolute Gasteiger partial charge is 0.309 e. The molecule has 0 saturated heterocycles. The number of carboxylic acid groups (broad SMARTS) is 1. The van der Waals surface area contributed by atoms with Crippen molar-refractivity contribution in [1.29, 1.82) is 0 Å². The molecule has 0 spiro atoms. The van der Waals surface area contributed by atoms with Gasteiger partial charge in [-0.05, 0) is 31.0 Å². The second-order valence-corrected chi connectivity index (χ2v) is 6.33. The molecule has 1 aliphatic carbocycles. The van der Waals surface area contributed by atoms with Crippen LogP contribution in [0.25, 0.3) is 0 Å². The van der Waals surface area contributed by atoms with Gasteiger partial charge in [0.1, 0.15) is 11.4 Å². The predicted octanol–water partition coefficient (Wildman–Crippen LogP) is 2.20. The second kappa shape index (κ2) is 5.26. The molecule has 0 fully saturated rings. The van der Waals surface area contributed by atoms with E-state index < -0.39 is 5.97 Å². The Morgan fingerprint density at radius 1 is 1.42 bits per heavy atom. The molecule has 5 nitrogen and oxygen atoms in total. The molecule has 3 rings (SSSR count). The molecule has 0 amide bonds. The van der Waals surface area contributed by atoms with Gasteiger partial charge in [0, 0.05) is 16.6 Å². The van der Waals surface area contributed by atoms with Crippen molar-refractivity contribution in [3.8, 4) is 0 Å². The van der Waals surface area contributed by atoms with E-state index in [1.54, 1.807) is 11.7 Å². The molecule has 2 aromatic rings. The molecule has 19 heavy (non-hydrogen) atoms. The molecule has 0 aliphatic heterocycles. The van der Waals surface area contributed by atoms with E-state index in [-0.39, 0.29) is 6.42 Å². The molecule has 0 saturated carbocycles. The van der Waals surface area contributed by atoms with Crippen molar-refractivity contribution < 1.29 is 9.90 Å². The minimum atomic E-state index is -0.857. The van der Waals surface area contributed by atoms with Crippen LogP contribution in [-0.4, -0.2) is 26.0 Å². The highest BCUT2D eigenvalue weighted by atomic mass is 32.2. The highest BCUT2D eigenvalue weighted by molar-refractivity contribution is 8.01. The largest absolute Gasteiger partial charge is 0.481 e. The number of carboxylic acids is 1. The molecule has 2 heterocycles. The van der Waals surface area contributed by atoms with Crippen molar-refractivity contribution in [2.75, 3.05) is 0 Å². The zero-order chi connectivity index (χ0) is 13.2. The quantitative estimate of drug-likeness (QED) is 0.871. The summed E-state index contributed by atoms with van der Waals surface area (Å²) in [6, 6.07) is 0. The number of carbonyl (C=O) groups is 1. The van der Waals surface area contributed by atoms with Crippen LogP contribution in [0.3, 0.4) is 0 Å². The van der Waals surface area contributed by atoms with Gasteiger partial charge in [-0.3, -0.25) is 4.79 Å². The summed E-state index contributed by atoms with van der Waals surface area (Å²) in [4.78, 5) is 23.5. The summed E-state index contributed by atoms with van der Waals surface area (Å²) in [5.74, 6) is -0.857. The van der Waals surface area contributed by atoms with Gasteiger partial charge in [0.05, 0.1) is 12.1 Å². The lowest BCUT2D eigenvalue weighted by atomic mass is 10.3. The number of fused-ring (bicyclic) bond motifs is 1. The summed E-state index contributed by atoms with van der Waals surface area (Å²) >= 11 is 2.96. The molecule has 7 heteroatoms. The number of aryl methyl sites for hydroxylation is 1. The van der Waals surface area contributed by atoms with E-state index in [0.29, 0.717) is 5.69 Å². The van der Waals surface area contributed by atoms with E-state index >= 15 is 0 Å². The van der Waals surface area contributed by atoms with Gasteiger partial charge >= 0.3 is 5.97 Å². The number of rotatable bonds is 4. The number of nitrogens with zero attached hydrogens (tertiary/aromatic N) is 3. The van der Waals surface area contributed by atoms with Gasteiger partial charge in [-0.25, -0.2) is 15.0 Å². The molecular weight excluding hydrogens is 282 g/mol. The normalized spacial score (nSPS) is 13.5. The van der Waals surface area contributed by atoms with Gasteiger partial charge in [0.15, 0.2) is 4.34 Å². The maximum atomic E-state index is 10.6. The van der Waals surface area contributed by atoms with Crippen LogP contribution in [0, 0.1) is 0 Å². The third kappa shape index (κ3) is 2.76. The molecule has 0 bridgehead atoms. The van der Waals surface area contributed by atoms with Crippen LogP contribution in [0.5, 0.6) is 0 Å². The van der Waals surface area contributed by atoms with Crippen molar-refractivity contribution in [3.05, 3.63) is 28.7 Å². The minimum absolute atomic E-state index is 0.0288. The number of aliphatic carboxylic acids is 1. The summed E-state index contributed by atoms with van der Waals surface area (Å²) in [5, 5.41) is 11.5. The Morgan fingerprint density at radius 2 is 2.32 bits per heavy atom. The van der Waals surface area contributed by atoms with Gasteiger partial charge in [-0.2, -0.15) is 0 Å². The number of hydrogen-bond acceptors (Lipinski definition) is 6. The third-order valence-electron chi connectivity index (χ3n) is 2.88. The first-order valence-corrected chi connectivity index (χ1v) is 7.59. The topological polar surface area (TPSA) is 76.0 Å². The molecule has 0 unspecified atom stereocenters. The zero-order valence-electron chi connectivity index (χ0n) is 10.00. The first-order chi connectivity index (χ1) is 9.22. The monoisotopic (exact) mass is 293 g/mol. The van der Waals surface area contributed by atoms with Crippen LogP contribution in [0.1, 0.15) is 23.4 Å². The van der Waals surface area contributed by atoms with E-state index in [9.17, 15) is 4.79 Å². The Hall–Kier alpha value is -1.47. The van der Waals surface area contributed by atoms with Crippen molar-refractivity contribution in [3.63, 3.8) is 0 Å². The highest BCUT2D eigenvalue weighted by Crippen LogP contribution is 2.34. The average Bonchev–Trinajstić information content (AvgIpc) is 2.98. The minimum Gasteiger partial charge on any atom is -0.481 e. The fraction of sp³-hybridized carbons (Fsp3) is 0.333. The maximum Gasteiger partial charge on any atom is 0.309 e. The standard InChI is InChI=1S/C12H11N3O2S2/c16-10(17)4-7-5-18-12(15-7)19-11-8-2-1-3-9(8)13-6-14-11/h5-6H,1-4H2,(H,16,17). The Labute approximate surface area is 118 Å². The number of hydrogen-bond donors (Lipinski definition) is 1. The van der Waals surface area contributed by atoms with Crippen molar-refractivity contribution in [2.24, 2.45) is 0 Å². The predicted molar refractivity (Wildman–Crippen MR) is 71.6 cm³/mol. The van der Waals surface area contributed by atoms with Crippen LogP contribution < -0.4 is 0 Å². The fourth-order valence-electron chi connectivity index (χ4n) is 2.07. The van der Waals surface area contributed by atoms with Gasteiger partial charge < -0.3 is 5.11 Å². The Balaban J connectivity index is 1.80. The van der Waals surface area contributed by atoms with Gasteiger partial charge in [0.25, 0.3) is 0 Å². The average molecular weight is 293 g/mol. The van der Waals surface area contributed by atoms with E-state index in [0.717, 1.165) is 34.3 Å². The third-order valence-corrected chi connectivity index (χ3v) is 4.92. The first-order valence-electron chi connectivity index (χ1n) is 5.89. The lowest BCUT2D eigenvalue weighted by Crippen LogP contribution is -1.99. The molecule has 98 valence electrons. The Kier molecular flexibility index (Phi) is 3.48. The SMILES string of the molecule is O=C(O)Cc1csc(Sc2ncnc3c2CCC3)n1. The van der Waals surface area contributed by atoms with Crippen LogP contribution in [0.4, 0.5) is 0 Å². The van der Waals surface area contributed by atoms with Crippen molar-refractivity contribution in [2.45, 2.75) is 35.0 Å². The molecular formula is C12H11N3O2S2. The number of aromatic nitrogens is 3. The fourth-order valence-corrected chi connectivity index (χ4v) is 3.96. The second-order valence-electron chi connectivity index (χ2n) is 4.23. The lowest BCUT2D eigenvalue weighted by Gasteiger charge is -2.03. The van der Waals surface area contributed by atoms with Gasteiger partial charge in [-0.1, -0.05) is 0 Å². The number of thiazole rings is 1. The molecule has 1 N–H and O–H groups in total. The van der Waals surface area contributed by atoms with Crippen LogP contribution >= 0.6 is 23.1 Å². The van der Waals surface area contributed by atoms with Crippen molar-refractivity contribution in [1.82, 2.24) is 15.0 Å². The van der Waals surface area contributed by atoms with Gasteiger partial charge in [-0.15, -0.1) is 11.3 Å². The van der Waals surface area contributed by atoms with Crippen LogP contribution in [-0.2, 0) is 24.1 Å². The Bertz CT molecular complexity index is 627.